The minimum atomic E-state index is -0.835. The second kappa shape index (κ2) is 6.42. The molecule has 23 heavy (non-hydrogen) atoms. The van der Waals surface area contributed by atoms with Crippen LogP contribution in [0.3, 0.4) is 0 Å². The molecule has 0 radical (unpaired) electrons. The summed E-state index contributed by atoms with van der Waals surface area (Å²) < 4.78 is 6.16. The minimum Gasteiger partial charge on any atom is -0.506 e. The van der Waals surface area contributed by atoms with Gasteiger partial charge in [0.1, 0.15) is 11.5 Å². The van der Waals surface area contributed by atoms with Crippen LogP contribution in [-0.4, -0.2) is 29.0 Å². The number of phenolic OH excluding ortho intramolecular Hbond substituents is 1. The zero-order valence-electron chi connectivity index (χ0n) is 12.1. The molecule has 6 heteroatoms. The van der Waals surface area contributed by atoms with E-state index in [9.17, 15) is 9.90 Å². The zero-order chi connectivity index (χ0) is 16.4. The molecule has 118 valence electrons. The molecule has 0 amide bonds. The first-order valence-corrected chi connectivity index (χ1v) is 7.84. The summed E-state index contributed by atoms with van der Waals surface area (Å²) in [6.45, 7) is 0.376. The summed E-state index contributed by atoms with van der Waals surface area (Å²) in [4.78, 5) is 15.2. The van der Waals surface area contributed by atoms with Gasteiger partial charge in [-0.3, -0.25) is 9.79 Å². The number of aliphatic carboxylic acids is 1. The Balaban J connectivity index is 1.82. The summed E-state index contributed by atoms with van der Waals surface area (Å²) >= 11 is 3.26. The maximum atomic E-state index is 10.8. The van der Waals surface area contributed by atoms with Gasteiger partial charge in [0.25, 0.3) is 0 Å². The first-order valence-electron chi connectivity index (χ1n) is 7.04. The van der Waals surface area contributed by atoms with Gasteiger partial charge in [-0.25, -0.2) is 0 Å². The fraction of sp³-hybridized carbons (Fsp3) is 0.176. The Morgan fingerprint density at radius 3 is 3.00 bits per heavy atom. The third-order valence-corrected chi connectivity index (χ3v) is 4.31. The summed E-state index contributed by atoms with van der Waals surface area (Å²) in [6, 6.07) is 10.8. The number of benzene rings is 2. The Morgan fingerprint density at radius 2 is 2.22 bits per heavy atom. The highest BCUT2D eigenvalue weighted by atomic mass is 79.9. The number of hydrogen-bond acceptors (Lipinski definition) is 4. The maximum absolute atomic E-state index is 10.8. The smallest absolute Gasteiger partial charge is 0.304 e. The third-order valence-electron chi connectivity index (χ3n) is 3.67. The van der Waals surface area contributed by atoms with Crippen LogP contribution in [0.2, 0.25) is 0 Å². The number of halogens is 1. The third kappa shape index (κ3) is 3.37. The van der Waals surface area contributed by atoms with Crippen molar-refractivity contribution in [2.24, 2.45) is 4.99 Å². The van der Waals surface area contributed by atoms with Crippen molar-refractivity contribution in [3.63, 3.8) is 0 Å². The lowest BCUT2D eigenvalue weighted by molar-refractivity contribution is -0.137. The van der Waals surface area contributed by atoms with E-state index < -0.39 is 5.97 Å². The highest BCUT2D eigenvalue weighted by Gasteiger charge is 2.26. The number of carbonyl (C=O) groups is 1. The molecule has 3 rings (SSSR count). The number of rotatable bonds is 4. The number of phenols is 1. The number of aliphatic imine (C=N–C) groups is 1. The molecular weight excluding hydrogens is 362 g/mol. The van der Waals surface area contributed by atoms with E-state index in [1.54, 1.807) is 24.4 Å². The Bertz CT molecular complexity index is 788. The highest BCUT2D eigenvalue weighted by molar-refractivity contribution is 9.10. The number of nitrogens with zero attached hydrogens (tertiary/aromatic N) is 1. The summed E-state index contributed by atoms with van der Waals surface area (Å²) in [6.07, 6.45) is 1.63. The number of hydrogen-bond donors (Lipinski definition) is 2. The number of ether oxygens (including phenoxy) is 1. The van der Waals surface area contributed by atoms with Crippen LogP contribution in [-0.2, 0) is 4.79 Å². The summed E-state index contributed by atoms with van der Waals surface area (Å²) in [5.41, 5.74) is 2.18. The average molecular weight is 376 g/mol. The topological polar surface area (TPSA) is 79.1 Å². The molecule has 0 fully saturated rings. The molecule has 0 aromatic heterocycles. The summed E-state index contributed by atoms with van der Waals surface area (Å²) in [7, 11) is 0. The molecular formula is C17H14BrNO4. The highest BCUT2D eigenvalue weighted by Crippen LogP contribution is 2.38. The number of para-hydroxylation sites is 1. The van der Waals surface area contributed by atoms with E-state index in [4.69, 9.17) is 9.84 Å². The predicted octanol–water partition coefficient (Wildman–Crippen LogP) is 3.86. The Kier molecular flexibility index (Phi) is 4.34. The van der Waals surface area contributed by atoms with E-state index in [1.807, 2.05) is 18.2 Å². The molecule has 2 aromatic carbocycles. The van der Waals surface area contributed by atoms with E-state index in [-0.39, 0.29) is 18.1 Å². The van der Waals surface area contributed by atoms with Crippen molar-refractivity contribution in [2.45, 2.75) is 12.3 Å². The van der Waals surface area contributed by atoms with Gasteiger partial charge in [0.05, 0.1) is 23.2 Å². The quantitative estimate of drug-likeness (QED) is 0.795. The summed E-state index contributed by atoms with van der Waals surface area (Å²) in [5.74, 6) is -0.145. The second-order valence-electron chi connectivity index (χ2n) is 5.26. The number of carboxylic acid groups (broad SMARTS) is 1. The SMILES string of the molecule is O=C(O)C[C@@H]1COc2cc(N=Cc3cccc(Br)c3O)ccc21. The van der Waals surface area contributed by atoms with Crippen molar-refractivity contribution in [2.75, 3.05) is 6.61 Å². The fourth-order valence-electron chi connectivity index (χ4n) is 2.51. The molecule has 1 aliphatic rings. The average Bonchev–Trinajstić information content (AvgIpc) is 2.90. The first kappa shape index (κ1) is 15.6. The zero-order valence-corrected chi connectivity index (χ0v) is 13.7. The van der Waals surface area contributed by atoms with Gasteiger partial charge in [0.15, 0.2) is 0 Å². The van der Waals surface area contributed by atoms with Gasteiger partial charge in [-0.15, -0.1) is 0 Å². The van der Waals surface area contributed by atoms with Crippen LogP contribution in [0.4, 0.5) is 5.69 Å². The second-order valence-corrected chi connectivity index (χ2v) is 6.12. The van der Waals surface area contributed by atoms with E-state index in [1.165, 1.54) is 0 Å². The van der Waals surface area contributed by atoms with Gasteiger partial charge in [0, 0.05) is 29.3 Å². The lowest BCUT2D eigenvalue weighted by atomic mass is 9.98. The van der Waals surface area contributed by atoms with Gasteiger partial charge in [0.2, 0.25) is 0 Å². The Labute approximate surface area is 141 Å². The molecule has 1 aliphatic heterocycles. The number of aromatic hydroxyl groups is 1. The van der Waals surface area contributed by atoms with E-state index >= 15 is 0 Å². The molecule has 0 saturated heterocycles. The maximum Gasteiger partial charge on any atom is 0.304 e. The van der Waals surface area contributed by atoms with Crippen LogP contribution in [0.5, 0.6) is 11.5 Å². The molecule has 0 aliphatic carbocycles. The summed E-state index contributed by atoms with van der Waals surface area (Å²) in [5, 5.41) is 18.8. The molecule has 0 spiro atoms. The normalized spacial score (nSPS) is 16.3. The Hall–Kier alpha value is -2.34. The number of fused-ring (bicyclic) bond motifs is 1. The van der Waals surface area contributed by atoms with E-state index in [0.29, 0.717) is 28.1 Å². The Morgan fingerprint density at radius 1 is 1.39 bits per heavy atom. The van der Waals surface area contributed by atoms with Crippen LogP contribution in [0.1, 0.15) is 23.5 Å². The van der Waals surface area contributed by atoms with Gasteiger partial charge < -0.3 is 14.9 Å². The van der Waals surface area contributed by atoms with Crippen LogP contribution in [0, 0.1) is 0 Å². The molecule has 2 N–H and O–H groups in total. The van der Waals surface area contributed by atoms with Crippen molar-refractivity contribution in [3.8, 4) is 11.5 Å². The van der Waals surface area contributed by atoms with E-state index in [0.717, 1.165) is 5.56 Å². The van der Waals surface area contributed by atoms with Gasteiger partial charge in [-0.2, -0.15) is 0 Å². The molecule has 5 nitrogen and oxygen atoms in total. The van der Waals surface area contributed by atoms with Gasteiger partial charge in [-0.1, -0.05) is 12.1 Å². The standard InChI is InChI=1S/C17H14BrNO4/c18-14-3-1-2-10(17(14)22)8-19-12-4-5-13-11(6-16(20)21)9-23-15(13)7-12/h1-5,7-8,11,22H,6,9H2,(H,20,21)/t11-/m1/s1. The van der Waals surface area contributed by atoms with Gasteiger partial charge in [-0.05, 0) is 34.1 Å². The van der Waals surface area contributed by atoms with Crippen molar-refractivity contribution in [1.82, 2.24) is 0 Å². The minimum absolute atomic E-state index is 0.0571. The lowest BCUT2D eigenvalue weighted by Crippen LogP contribution is -2.07. The van der Waals surface area contributed by atoms with E-state index in [2.05, 4.69) is 20.9 Å². The van der Waals surface area contributed by atoms with Crippen LogP contribution < -0.4 is 4.74 Å². The van der Waals surface area contributed by atoms with Crippen LogP contribution in [0.15, 0.2) is 45.9 Å². The molecule has 1 heterocycles. The molecule has 0 saturated carbocycles. The van der Waals surface area contributed by atoms with Crippen LogP contribution >= 0.6 is 15.9 Å². The van der Waals surface area contributed by atoms with Crippen molar-refractivity contribution >= 4 is 33.8 Å². The fourth-order valence-corrected chi connectivity index (χ4v) is 2.89. The molecule has 0 unspecified atom stereocenters. The monoisotopic (exact) mass is 375 g/mol. The predicted molar refractivity (Wildman–Crippen MR) is 90.0 cm³/mol. The van der Waals surface area contributed by atoms with Gasteiger partial charge >= 0.3 is 5.97 Å². The van der Waals surface area contributed by atoms with Crippen LogP contribution in [0.25, 0.3) is 0 Å². The number of carboxylic acids is 1. The van der Waals surface area contributed by atoms with Crippen molar-refractivity contribution < 1.29 is 19.7 Å². The molecule has 1 atom stereocenters. The molecule has 0 bridgehead atoms. The largest absolute Gasteiger partial charge is 0.506 e. The molecule has 2 aromatic rings. The lowest BCUT2D eigenvalue weighted by Gasteiger charge is -2.05. The van der Waals surface area contributed by atoms with Crippen molar-refractivity contribution in [3.05, 3.63) is 52.0 Å². The first-order chi connectivity index (χ1) is 11.0. The van der Waals surface area contributed by atoms with Crippen molar-refractivity contribution in [1.29, 1.82) is 0 Å².